The van der Waals surface area contributed by atoms with Crippen molar-refractivity contribution in [1.82, 2.24) is 29.1 Å². The highest BCUT2D eigenvalue weighted by molar-refractivity contribution is 7.26. The second kappa shape index (κ2) is 15.1. The van der Waals surface area contributed by atoms with Crippen LogP contribution in [0.25, 0.3) is 121 Å². The minimum absolute atomic E-state index is 0.596. The van der Waals surface area contributed by atoms with E-state index in [2.05, 4.69) is 197 Å². The Bertz CT molecular complexity index is 3940. The first-order valence-corrected chi connectivity index (χ1v) is 22.5. The van der Waals surface area contributed by atoms with Crippen molar-refractivity contribution < 1.29 is 0 Å². The van der Waals surface area contributed by atoms with Crippen molar-refractivity contribution in [2.75, 3.05) is 0 Å². The van der Waals surface area contributed by atoms with Crippen LogP contribution in [0.3, 0.4) is 0 Å². The van der Waals surface area contributed by atoms with Crippen LogP contribution in [0.1, 0.15) is 0 Å². The van der Waals surface area contributed by atoms with Crippen LogP contribution in [0, 0.1) is 0 Å². The number of benzene rings is 9. The Morgan fingerprint density at radius 2 is 0.908 bits per heavy atom. The Morgan fingerprint density at radius 3 is 1.71 bits per heavy atom. The topological polar surface area (TPSA) is 61.4 Å². The summed E-state index contributed by atoms with van der Waals surface area (Å²) in [5, 5.41) is 4.77. The molecular formula is C58H36N6S. The van der Waals surface area contributed by atoms with Crippen molar-refractivity contribution in [2.45, 2.75) is 0 Å². The van der Waals surface area contributed by atoms with E-state index in [1.165, 1.54) is 42.2 Å². The van der Waals surface area contributed by atoms with Gasteiger partial charge >= 0.3 is 0 Å². The van der Waals surface area contributed by atoms with E-state index in [1.54, 1.807) is 11.3 Å². The van der Waals surface area contributed by atoms with Gasteiger partial charge in [0.15, 0.2) is 17.5 Å². The third-order valence-electron chi connectivity index (χ3n) is 12.4. The SMILES string of the molecule is c1ccc(-c2nc(-c3cccc(-c4nc5ccccc5n4-c4ccccc4)c3)nc(-c3cccc4sc5ccc(-c6ccc7c(c6)c6ccccc6n7-c6ccccc6)cc5c34)n2)cc1. The lowest BCUT2D eigenvalue weighted by atomic mass is 9.99. The Kier molecular flexibility index (Phi) is 8.60. The van der Waals surface area contributed by atoms with Gasteiger partial charge in [0.05, 0.1) is 22.1 Å². The van der Waals surface area contributed by atoms with Crippen LogP contribution in [0.4, 0.5) is 0 Å². The predicted octanol–water partition coefficient (Wildman–Crippen LogP) is 15.0. The maximum Gasteiger partial charge on any atom is 0.164 e. The third kappa shape index (κ3) is 6.24. The zero-order valence-electron chi connectivity index (χ0n) is 34.9. The summed E-state index contributed by atoms with van der Waals surface area (Å²) in [6, 6.07) is 76.8. The van der Waals surface area contributed by atoms with E-state index in [4.69, 9.17) is 19.9 Å². The molecule has 0 bridgehead atoms. The second-order valence-corrected chi connectivity index (χ2v) is 17.3. The first-order chi connectivity index (χ1) is 32.2. The molecule has 0 atom stereocenters. The molecule has 0 unspecified atom stereocenters. The number of imidazole rings is 1. The highest BCUT2D eigenvalue weighted by Crippen LogP contribution is 2.43. The van der Waals surface area contributed by atoms with E-state index in [-0.39, 0.29) is 0 Å². The standard InChI is InChI=1S/C58H36N6S/c1-4-16-37(17-5-1)55-60-56(40-18-14-19-41(34-40)58-59-48-26-11-13-28-51(48)64(58)43-22-8-3-9-23-43)62-57(61-55)45-25-15-29-53-54(45)47-36-39(31-33-52(47)65-53)38-30-32-50-46(35-38)44-24-10-12-27-49(44)63(50)42-20-6-2-7-21-42/h1-36H. The van der Waals surface area contributed by atoms with Gasteiger partial charge in [-0.2, -0.15) is 0 Å². The highest BCUT2D eigenvalue weighted by Gasteiger charge is 2.20. The van der Waals surface area contributed by atoms with Gasteiger partial charge in [0.1, 0.15) is 5.82 Å². The Balaban J connectivity index is 0.967. The molecule has 9 aromatic carbocycles. The molecule has 65 heavy (non-hydrogen) atoms. The number of fused-ring (bicyclic) bond motifs is 7. The quantitative estimate of drug-likeness (QED) is 0.160. The molecule has 0 aliphatic heterocycles. The number of nitrogens with zero attached hydrogens (tertiary/aromatic N) is 6. The molecule has 6 nitrogen and oxygen atoms in total. The Hall–Kier alpha value is -8.52. The van der Waals surface area contributed by atoms with Crippen LogP contribution >= 0.6 is 11.3 Å². The van der Waals surface area contributed by atoms with Crippen molar-refractivity contribution in [1.29, 1.82) is 0 Å². The molecule has 13 aromatic rings. The lowest BCUT2D eigenvalue weighted by molar-refractivity contribution is 1.07. The number of thiophene rings is 1. The normalized spacial score (nSPS) is 11.7. The van der Waals surface area contributed by atoms with Crippen LogP contribution < -0.4 is 0 Å². The van der Waals surface area contributed by atoms with Gasteiger partial charge < -0.3 is 4.57 Å². The number of hydrogen-bond donors (Lipinski definition) is 0. The van der Waals surface area contributed by atoms with Gasteiger partial charge in [-0.25, -0.2) is 19.9 Å². The molecular weight excluding hydrogens is 813 g/mol. The first kappa shape index (κ1) is 37.1. The van der Waals surface area contributed by atoms with Gasteiger partial charge in [0.2, 0.25) is 0 Å². The average molecular weight is 849 g/mol. The number of para-hydroxylation sites is 5. The van der Waals surface area contributed by atoms with Crippen molar-refractivity contribution in [3.05, 3.63) is 218 Å². The van der Waals surface area contributed by atoms with Gasteiger partial charge in [-0.1, -0.05) is 140 Å². The molecule has 304 valence electrons. The molecule has 0 radical (unpaired) electrons. The van der Waals surface area contributed by atoms with Crippen LogP contribution in [-0.4, -0.2) is 29.1 Å². The zero-order valence-corrected chi connectivity index (χ0v) is 35.7. The highest BCUT2D eigenvalue weighted by atomic mass is 32.1. The fourth-order valence-electron chi connectivity index (χ4n) is 9.40. The van der Waals surface area contributed by atoms with Gasteiger partial charge in [-0.15, -0.1) is 11.3 Å². The lowest BCUT2D eigenvalue weighted by Crippen LogP contribution is -2.01. The van der Waals surface area contributed by atoms with E-state index in [0.29, 0.717) is 17.5 Å². The summed E-state index contributed by atoms with van der Waals surface area (Å²) in [5.74, 6) is 2.69. The van der Waals surface area contributed by atoms with Crippen LogP contribution in [-0.2, 0) is 0 Å². The summed E-state index contributed by atoms with van der Waals surface area (Å²) in [6.07, 6.45) is 0. The Labute approximate surface area is 378 Å². The predicted molar refractivity (Wildman–Crippen MR) is 269 cm³/mol. The van der Waals surface area contributed by atoms with E-state index in [9.17, 15) is 0 Å². The minimum atomic E-state index is 0.596. The molecule has 7 heteroatoms. The molecule has 0 aliphatic rings. The van der Waals surface area contributed by atoms with E-state index >= 15 is 0 Å². The van der Waals surface area contributed by atoms with Crippen LogP contribution in [0.5, 0.6) is 0 Å². The third-order valence-corrected chi connectivity index (χ3v) is 13.5. The first-order valence-electron chi connectivity index (χ1n) is 21.7. The fourth-order valence-corrected chi connectivity index (χ4v) is 10.5. The van der Waals surface area contributed by atoms with Gasteiger partial charge in [-0.3, -0.25) is 4.57 Å². The maximum absolute atomic E-state index is 5.32. The van der Waals surface area contributed by atoms with Crippen molar-refractivity contribution >= 4 is 64.3 Å². The van der Waals surface area contributed by atoms with Gasteiger partial charge in [0.25, 0.3) is 0 Å². The van der Waals surface area contributed by atoms with Crippen molar-refractivity contribution in [2.24, 2.45) is 0 Å². The second-order valence-electron chi connectivity index (χ2n) is 16.3. The molecule has 0 fully saturated rings. The zero-order chi connectivity index (χ0) is 42.8. The van der Waals surface area contributed by atoms with Crippen molar-refractivity contribution in [3.63, 3.8) is 0 Å². The van der Waals surface area contributed by atoms with Crippen LogP contribution in [0.2, 0.25) is 0 Å². The molecule has 4 heterocycles. The molecule has 4 aromatic heterocycles. The summed E-state index contributed by atoms with van der Waals surface area (Å²) >= 11 is 1.80. The molecule has 0 spiro atoms. The largest absolute Gasteiger partial charge is 0.309 e. The Morgan fingerprint density at radius 1 is 0.323 bits per heavy atom. The number of hydrogen-bond acceptors (Lipinski definition) is 5. The average Bonchev–Trinajstić information content (AvgIpc) is 4.07. The monoisotopic (exact) mass is 848 g/mol. The molecule has 0 saturated heterocycles. The molecule has 0 amide bonds. The summed E-state index contributed by atoms with van der Waals surface area (Å²) < 4.78 is 6.98. The molecule has 13 rings (SSSR count). The van der Waals surface area contributed by atoms with E-state index in [1.807, 2.05) is 30.3 Å². The molecule has 0 N–H and O–H groups in total. The molecule has 0 saturated carbocycles. The fraction of sp³-hybridized carbons (Fsp3) is 0. The summed E-state index contributed by atoms with van der Waals surface area (Å²) in [7, 11) is 0. The summed E-state index contributed by atoms with van der Waals surface area (Å²) in [6.45, 7) is 0. The number of rotatable bonds is 7. The summed E-state index contributed by atoms with van der Waals surface area (Å²) in [5.41, 5.74) is 12.6. The van der Waals surface area contributed by atoms with E-state index < -0.39 is 0 Å². The van der Waals surface area contributed by atoms with Crippen molar-refractivity contribution in [3.8, 4) is 68.1 Å². The lowest BCUT2D eigenvalue weighted by Gasteiger charge is -2.12. The number of aromatic nitrogens is 6. The minimum Gasteiger partial charge on any atom is -0.309 e. The summed E-state index contributed by atoms with van der Waals surface area (Å²) in [4.78, 5) is 20.9. The molecule has 0 aliphatic carbocycles. The van der Waals surface area contributed by atoms with Crippen LogP contribution in [0.15, 0.2) is 218 Å². The smallest absolute Gasteiger partial charge is 0.164 e. The van der Waals surface area contributed by atoms with Gasteiger partial charge in [0, 0.05) is 64.6 Å². The maximum atomic E-state index is 5.32. The van der Waals surface area contributed by atoms with Gasteiger partial charge in [-0.05, 0) is 90.0 Å². The van der Waals surface area contributed by atoms with E-state index in [0.717, 1.165) is 61.4 Å².